The minimum atomic E-state index is -0.944. The number of methoxy groups -OCH3 is 1. The molecule has 2 amide bonds. The van der Waals surface area contributed by atoms with Crippen LogP contribution >= 0.6 is 12.2 Å². The van der Waals surface area contributed by atoms with Crippen molar-refractivity contribution in [2.24, 2.45) is 5.73 Å². The van der Waals surface area contributed by atoms with Gasteiger partial charge in [-0.1, -0.05) is 12.2 Å². The molecular weight excluding hydrogens is 273 g/mol. The lowest BCUT2D eigenvalue weighted by Gasteiger charge is -2.07. The first-order valence-corrected chi connectivity index (χ1v) is 5.56. The van der Waals surface area contributed by atoms with Gasteiger partial charge in [-0.2, -0.15) is 0 Å². The van der Waals surface area contributed by atoms with Gasteiger partial charge in [-0.3, -0.25) is 9.59 Å². The molecule has 0 fully saturated rings. The van der Waals surface area contributed by atoms with Gasteiger partial charge in [-0.15, -0.1) is 0 Å². The Labute approximate surface area is 114 Å². The van der Waals surface area contributed by atoms with Crippen molar-refractivity contribution in [2.75, 3.05) is 19.0 Å². The van der Waals surface area contributed by atoms with Gasteiger partial charge in [-0.05, 0) is 12.1 Å². The summed E-state index contributed by atoms with van der Waals surface area (Å²) in [5.41, 5.74) is 5.30. The number of amides is 2. The molecule has 0 heterocycles. The van der Waals surface area contributed by atoms with E-state index in [-0.39, 0.29) is 23.0 Å². The predicted octanol–water partition coefficient (Wildman–Crippen LogP) is 0.175. The molecule has 0 aromatic heterocycles. The molecule has 0 aliphatic rings. The molecule has 1 rings (SSSR count). The van der Waals surface area contributed by atoms with E-state index in [2.05, 4.69) is 22.9 Å². The van der Waals surface area contributed by atoms with Crippen LogP contribution in [-0.2, 0) is 9.59 Å². The highest BCUT2D eigenvalue weighted by Gasteiger charge is 2.14. The number of benzene rings is 1. The third kappa shape index (κ3) is 4.51. The first-order valence-electron chi connectivity index (χ1n) is 5.15. The van der Waals surface area contributed by atoms with Crippen LogP contribution in [-0.4, -0.2) is 30.5 Å². The quantitative estimate of drug-likeness (QED) is 0.542. The van der Waals surface area contributed by atoms with E-state index >= 15 is 0 Å². The number of rotatable bonds is 4. The van der Waals surface area contributed by atoms with Gasteiger partial charge in [0.15, 0.2) is 11.6 Å². The summed E-state index contributed by atoms with van der Waals surface area (Å²) in [6.07, 6.45) is 0. The second-order valence-electron chi connectivity index (χ2n) is 3.45. The van der Waals surface area contributed by atoms with Gasteiger partial charge < -0.3 is 21.1 Å². The maximum Gasteiger partial charge on any atom is 0.313 e. The number of carbonyl (C=O) groups excluding carboxylic acids is 2. The van der Waals surface area contributed by atoms with E-state index in [9.17, 15) is 14.0 Å². The van der Waals surface area contributed by atoms with Crippen LogP contribution in [0.2, 0.25) is 0 Å². The third-order valence-electron chi connectivity index (χ3n) is 2.04. The van der Waals surface area contributed by atoms with Gasteiger partial charge in [0.2, 0.25) is 0 Å². The van der Waals surface area contributed by atoms with E-state index < -0.39 is 17.6 Å². The summed E-state index contributed by atoms with van der Waals surface area (Å²) in [5, 5.41) is 4.43. The number of thiocarbonyl (C=S) groups is 1. The number of carbonyl (C=O) groups is 2. The summed E-state index contributed by atoms with van der Waals surface area (Å²) in [7, 11) is 1.32. The number of hydrogen-bond acceptors (Lipinski definition) is 4. The van der Waals surface area contributed by atoms with Crippen molar-refractivity contribution in [3.8, 4) is 5.75 Å². The highest BCUT2D eigenvalue weighted by Crippen LogP contribution is 2.20. The van der Waals surface area contributed by atoms with Crippen molar-refractivity contribution < 1.29 is 18.7 Å². The molecule has 0 aliphatic carbocycles. The summed E-state index contributed by atoms with van der Waals surface area (Å²) in [6.45, 7) is -0.0848. The van der Waals surface area contributed by atoms with E-state index in [0.29, 0.717) is 0 Å². The molecule has 8 heteroatoms. The first kappa shape index (κ1) is 14.8. The second-order valence-corrected chi connectivity index (χ2v) is 3.98. The molecule has 0 atom stereocenters. The average Bonchev–Trinajstić information content (AvgIpc) is 2.36. The molecule has 0 saturated carbocycles. The Balaban J connectivity index is 2.64. The largest absolute Gasteiger partial charge is 0.494 e. The molecule has 1 aromatic carbocycles. The molecule has 4 N–H and O–H groups in total. The first-order chi connectivity index (χ1) is 8.93. The second kappa shape index (κ2) is 6.64. The van der Waals surface area contributed by atoms with Gasteiger partial charge in [-0.25, -0.2) is 4.39 Å². The molecule has 19 heavy (non-hydrogen) atoms. The van der Waals surface area contributed by atoms with Crippen molar-refractivity contribution in [3.63, 3.8) is 0 Å². The minimum absolute atomic E-state index is 0.0379. The molecule has 0 unspecified atom stereocenters. The van der Waals surface area contributed by atoms with Crippen LogP contribution in [0.5, 0.6) is 5.75 Å². The van der Waals surface area contributed by atoms with Gasteiger partial charge in [0.05, 0.1) is 18.6 Å². The van der Waals surface area contributed by atoms with Gasteiger partial charge in [0, 0.05) is 11.8 Å². The number of ether oxygens (including phenoxy) is 1. The summed E-state index contributed by atoms with van der Waals surface area (Å²) in [5.74, 6) is -2.47. The van der Waals surface area contributed by atoms with E-state index in [4.69, 9.17) is 10.5 Å². The Hall–Kier alpha value is -2.22. The van der Waals surface area contributed by atoms with Gasteiger partial charge in [0.1, 0.15) is 0 Å². The zero-order valence-electron chi connectivity index (χ0n) is 10.0. The number of nitrogens with one attached hydrogen (secondary N) is 2. The Morgan fingerprint density at radius 3 is 2.63 bits per heavy atom. The summed E-state index contributed by atoms with van der Waals surface area (Å²) in [4.78, 5) is 22.8. The molecule has 6 nitrogen and oxygen atoms in total. The van der Waals surface area contributed by atoms with Crippen LogP contribution in [0.3, 0.4) is 0 Å². The van der Waals surface area contributed by atoms with Crippen LogP contribution in [0.1, 0.15) is 0 Å². The highest BCUT2D eigenvalue weighted by atomic mass is 32.1. The van der Waals surface area contributed by atoms with E-state index in [0.717, 1.165) is 6.07 Å². The lowest BCUT2D eigenvalue weighted by Crippen LogP contribution is -2.39. The zero-order chi connectivity index (χ0) is 14.4. The fraction of sp³-hybridized carbons (Fsp3) is 0.182. The van der Waals surface area contributed by atoms with Gasteiger partial charge >= 0.3 is 11.8 Å². The number of anilines is 1. The normalized spacial score (nSPS) is 9.58. The molecule has 1 aromatic rings. The SMILES string of the molecule is COc1ccc(NC(=O)C(=O)NCC(N)=S)cc1F. The monoisotopic (exact) mass is 285 g/mol. The molecule has 0 radical (unpaired) electrons. The minimum Gasteiger partial charge on any atom is -0.494 e. The van der Waals surface area contributed by atoms with E-state index in [1.165, 1.54) is 19.2 Å². The molecular formula is C11H12FN3O3S. The van der Waals surface area contributed by atoms with E-state index in [1.54, 1.807) is 0 Å². The highest BCUT2D eigenvalue weighted by molar-refractivity contribution is 7.80. The van der Waals surface area contributed by atoms with E-state index in [1.807, 2.05) is 0 Å². The van der Waals surface area contributed by atoms with Crippen molar-refractivity contribution >= 4 is 34.7 Å². The third-order valence-corrected chi connectivity index (χ3v) is 2.18. The summed E-state index contributed by atoms with van der Waals surface area (Å²) >= 11 is 4.54. The zero-order valence-corrected chi connectivity index (χ0v) is 10.8. The predicted molar refractivity (Wildman–Crippen MR) is 71.4 cm³/mol. The average molecular weight is 285 g/mol. The Morgan fingerprint density at radius 2 is 2.11 bits per heavy atom. The van der Waals surface area contributed by atoms with Gasteiger partial charge in [0.25, 0.3) is 0 Å². The van der Waals surface area contributed by atoms with Crippen LogP contribution in [0.15, 0.2) is 18.2 Å². The molecule has 0 aliphatic heterocycles. The molecule has 0 bridgehead atoms. The maximum absolute atomic E-state index is 13.3. The molecule has 0 spiro atoms. The smallest absolute Gasteiger partial charge is 0.313 e. The van der Waals surface area contributed by atoms with Crippen molar-refractivity contribution in [2.45, 2.75) is 0 Å². The fourth-order valence-corrected chi connectivity index (χ4v) is 1.25. The van der Waals surface area contributed by atoms with Crippen LogP contribution < -0.4 is 21.1 Å². The van der Waals surface area contributed by atoms with Crippen molar-refractivity contribution in [3.05, 3.63) is 24.0 Å². The molecule has 0 saturated heterocycles. The van der Waals surface area contributed by atoms with Crippen LogP contribution in [0.4, 0.5) is 10.1 Å². The number of nitrogens with two attached hydrogens (primary N) is 1. The number of halogens is 1. The lowest BCUT2D eigenvalue weighted by molar-refractivity contribution is -0.135. The summed E-state index contributed by atoms with van der Waals surface area (Å²) in [6, 6.07) is 3.77. The van der Waals surface area contributed by atoms with Crippen molar-refractivity contribution in [1.82, 2.24) is 5.32 Å². The Morgan fingerprint density at radius 1 is 1.42 bits per heavy atom. The standard InChI is InChI=1S/C11H12FN3O3S/c1-18-8-3-2-6(4-7(8)12)15-11(17)10(16)14-5-9(13)19/h2-4H,5H2,1H3,(H2,13,19)(H,14,16)(H,15,17). The maximum atomic E-state index is 13.3. The Kier molecular flexibility index (Phi) is 5.19. The van der Waals surface area contributed by atoms with Crippen LogP contribution in [0.25, 0.3) is 0 Å². The molecule has 102 valence electrons. The Bertz CT molecular complexity index is 522. The topological polar surface area (TPSA) is 93.4 Å². The van der Waals surface area contributed by atoms with Crippen molar-refractivity contribution in [1.29, 1.82) is 0 Å². The lowest BCUT2D eigenvalue weighted by atomic mass is 10.3. The summed E-state index contributed by atoms with van der Waals surface area (Å²) < 4.78 is 18.1. The fourth-order valence-electron chi connectivity index (χ4n) is 1.18. The number of hydrogen-bond donors (Lipinski definition) is 3. The van der Waals surface area contributed by atoms with Crippen LogP contribution in [0, 0.1) is 5.82 Å².